The highest BCUT2D eigenvalue weighted by molar-refractivity contribution is 6.42. The Kier molecular flexibility index (Phi) is 10.9. The van der Waals surface area contributed by atoms with E-state index in [9.17, 15) is 4.79 Å². The number of carbonyl (C=O) groups is 1. The average molecular weight is 336 g/mol. The van der Waals surface area contributed by atoms with Gasteiger partial charge in [0.1, 0.15) is 5.75 Å². The average Bonchev–Trinajstić information content (AvgIpc) is 2.54. The SMILES string of the molecule is CC.COC(=O)N1CCCCC1.Oc1ccc(Cl)c(Cl)c1. The van der Waals surface area contributed by atoms with Crippen LogP contribution in [-0.2, 0) is 4.74 Å². The van der Waals surface area contributed by atoms with Crippen molar-refractivity contribution in [3.8, 4) is 5.75 Å². The van der Waals surface area contributed by atoms with Crippen molar-refractivity contribution in [2.45, 2.75) is 33.1 Å². The Bertz CT molecular complexity index is 421. The Hall–Kier alpha value is -1.13. The minimum absolute atomic E-state index is 0.129. The van der Waals surface area contributed by atoms with E-state index in [1.807, 2.05) is 13.8 Å². The van der Waals surface area contributed by atoms with Crippen LogP contribution in [0.3, 0.4) is 0 Å². The van der Waals surface area contributed by atoms with Crippen LogP contribution in [0.1, 0.15) is 33.1 Å². The molecule has 0 atom stereocenters. The number of carbonyl (C=O) groups excluding carboxylic acids is 1. The number of benzene rings is 1. The molecule has 6 heteroatoms. The second kappa shape index (κ2) is 11.5. The minimum atomic E-state index is -0.181. The molecule has 1 aromatic rings. The van der Waals surface area contributed by atoms with Crippen molar-refractivity contribution in [2.75, 3.05) is 20.2 Å². The van der Waals surface area contributed by atoms with Crippen LogP contribution in [0.5, 0.6) is 5.75 Å². The second-order valence-corrected chi connectivity index (χ2v) is 4.93. The summed E-state index contributed by atoms with van der Waals surface area (Å²) in [5.41, 5.74) is 0. The standard InChI is InChI=1S/C7H13NO2.C6H4Cl2O.C2H6/c1-10-7(9)8-5-3-2-4-6-8;7-5-2-1-4(9)3-6(5)8;1-2/h2-6H2,1H3;1-3,9H;1-2H3. The summed E-state index contributed by atoms with van der Waals surface area (Å²) in [6.45, 7) is 5.74. The predicted molar refractivity (Wildman–Crippen MR) is 87.3 cm³/mol. The van der Waals surface area contributed by atoms with Crippen LogP contribution in [0.25, 0.3) is 0 Å². The smallest absolute Gasteiger partial charge is 0.409 e. The van der Waals surface area contributed by atoms with Gasteiger partial charge in [0.2, 0.25) is 0 Å². The van der Waals surface area contributed by atoms with Crippen molar-refractivity contribution >= 4 is 29.3 Å². The van der Waals surface area contributed by atoms with E-state index >= 15 is 0 Å². The number of aromatic hydroxyl groups is 1. The maximum Gasteiger partial charge on any atom is 0.409 e. The molecule has 0 aromatic heterocycles. The molecule has 0 radical (unpaired) electrons. The number of phenolic OH excluding ortho intramolecular Hbond substituents is 1. The predicted octanol–water partition coefficient (Wildman–Crippen LogP) is 4.96. The third-order valence-corrected chi connectivity index (χ3v) is 3.43. The molecule has 1 aliphatic rings. The van der Waals surface area contributed by atoms with E-state index in [1.54, 1.807) is 11.0 Å². The molecule has 1 heterocycles. The first kappa shape index (κ1) is 19.9. The Labute approximate surface area is 136 Å². The molecule has 0 spiro atoms. The van der Waals surface area contributed by atoms with Gasteiger partial charge in [0.15, 0.2) is 0 Å². The number of phenols is 1. The Balaban J connectivity index is 0.000000342. The third-order valence-electron chi connectivity index (χ3n) is 2.69. The number of piperidine rings is 1. The first-order valence-corrected chi connectivity index (χ1v) is 7.77. The molecule has 0 unspecified atom stereocenters. The van der Waals surface area contributed by atoms with E-state index < -0.39 is 0 Å². The summed E-state index contributed by atoms with van der Waals surface area (Å²) in [6, 6.07) is 4.41. The van der Waals surface area contributed by atoms with Gasteiger partial charge >= 0.3 is 6.09 Å². The van der Waals surface area contributed by atoms with Crippen molar-refractivity contribution in [1.29, 1.82) is 0 Å². The van der Waals surface area contributed by atoms with Crippen molar-refractivity contribution in [1.82, 2.24) is 4.90 Å². The van der Waals surface area contributed by atoms with Crippen molar-refractivity contribution in [3.63, 3.8) is 0 Å². The number of nitrogens with zero attached hydrogens (tertiary/aromatic N) is 1. The lowest BCUT2D eigenvalue weighted by Crippen LogP contribution is -2.35. The zero-order chi connectivity index (χ0) is 16.3. The van der Waals surface area contributed by atoms with E-state index in [4.69, 9.17) is 28.3 Å². The molecule has 1 saturated heterocycles. The van der Waals surface area contributed by atoms with E-state index in [0.717, 1.165) is 25.9 Å². The number of halogens is 2. The fourth-order valence-corrected chi connectivity index (χ4v) is 1.98. The lowest BCUT2D eigenvalue weighted by molar-refractivity contribution is 0.115. The summed E-state index contributed by atoms with van der Waals surface area (Å²) in [6.07, 6.45) is 3.30. The van der Waals surface area contributed by atoms with Gasteiger partial charge in [-0.1, -0.05) is 37.0 Å². The Morgan fingerprint density at radius 2 is 1.71 bits per heavy atom. The molecule has 1 aromatic carbocycles. The largest absolute Gasteiger partial charge is 0.508 e. The first-order valence-electron chi connectivity index (χ1n) is 7.01. The van der Waals surface area contributed by atoms with Gasteiger partial charge in [-0.15, -0.1) is 0 Å². The van der Waals surface area contributed by atoms with Gasteiger partial charge in [0.05, 0.1) is 17.2 Å². The van der Waals surface area contributed by atoms with E-state index in [0.29, 0.717) is 10.0 Å². The van der Waals surface area contributed by atoms with Gasteiger partial charge in [-0.3, -0.25) is 0 Å². The molecule has 0 saturated carbocycles. The molecule has 21 heavy (non-hydrogen) atoms. The summed E-state index contributed by atoms with van der Waals surface area (Å²) in [5, 5.41) is 9.62. The molecular formula is C15H23Cl2NO3. The van der Waals surface area contributed by atoms with Crippen LogP contribution in [0.15, 0.2) is 18.2 Å². The fraction of sp³-hybridized carbons (Fsp3) is 0.533. The molecular weight excluding hydrogens is 313 g/mol. The summed E-state index contributed by atoms with van der Waals surface area (Å²) >= 11 is 11.1. The number of hydrogen-bond acceptors (Lipinski definition) is 3. The van der Waals surface area contributed by atoms with Gasteiger partial charge in [-0.25, -0.2) is 4.79 Å². The Morgan fingerprint density at radius 3 is 2.14 bits per heavy atom. The lowest BCUT2D eigenvalue weighted by atomic mass is 10.1. The van der Waals surface area contributed by atoms with Crippen LogP contribution in [0.4, 0.5) is 4.79 Å². The summed E-state index contributed by atoms with van der Waals surface area (Å²) in [7, 11) is 1.43. The molecule has 0 bridgehead atoms. The van der Waals surface area contributed by atoms with Gasteiger partial charge in [0.25, 0.3) is 0 Å². The van der Waals surface area contributed by atoms with Gasteiger partial charge in [-0.05, 0) is 37.5 Å². The van der Waals surface area contributed by atoms with Crippen LogP contribution in [0, 0.1) is 0 Å². The van der Waals surface area contributed by atoms with Crippen LogP contribution in [-0.4, -0.2) is 36.3 Å². The number of likely N-dealkylation sites (tertiary alicyclic amines) is 1. The monoisotopic (exact) mass is 335 g/mol. The number of hydrogen-bond donors (Lipinski definition) is 1. The summed E-state index contributed by atoms with van der Waals surface area (Å²) < 4.78 is 4.58. The number of methoxy groups -OCH3 is 1. The Morgan fingerprint density at radius 1 is 1.14 bits per heavy atom. The minimum Gasteiger partial charge on any atom is -0.508 e. The molecule has 1 aliphatic heterocycles. The molecule has 120 valence electrons. The number of amides is 1. The van der Waals surface area contributed by atoms with Crippen LogP contribution in [0.2, 0.25) is 10.0 Å². The van der Waals surface area contributed by atoms with Gasteiger partial charge < -0.3 is 14.7 Å². The van der Waals surface area contributed by atoms with Crippen molar-refractivity contribution in [2.24, 2.45) is 0 Å². The first-order chi connectivity index (χ1) is 10.0. The summed E-state index contributed by atoms with van der Waals surface area (Å²) in [4.78, 5) is 12.6. The van der Waals surface area contributed by atoms with Crippen molar-refractivity contribution < 1.29 is 14.6 Å². The molecule has 4 nitrogen and oxygen atoms in total. The fourth-order valence-electron chi connectivity index (χ4n) is 1.69. The maximum atomic E-state index is 10.9. The lowest BCUT2D eigenvalue weighted by Gasteiger charge is -2.24. The molecule has 1 fully saturated rings. The van der Waals surface area contributed by atoms with Crippen molar-refractivity contribution in [3.05, 3.63) is 28.2 Å². The maximum absolute atomic E-state index is 10.9. The quantitative estimate of drug-likeness (QED) is 0.728. The summed E-state index contributed by atoms with van der Waals surface area (Å²) in [5.74, 6) is 0.129. The highest BCUT2D eigenvalue weighted by Crippen LogP contribution is 2.25. The molecule has 1 amide bonds. The van der Waals surface area contributed by atoms with E-state index in [1.165, 1.54) is 25.7 Å². The van der Waals surface area contributed by atoms with Crippen LogP contribution >= 0.6 is 23.2 Å². The van der Waals surface area contributed by atoms with E-state index in [-0.39, 0.29) is 11.8 Å². The normalized spacial score (nSPS) is 13.3. The van der Waals surface area contributed by atoms with Gasteiger partial charge in [-0.2, -0.15) is 0 Å². The third kappa shape index (κ3) is 8.02. The topological polar surface area (TPSA) is 49.8 Å². The highest BCUT2D eigenvalue weighted by atomic mass is 35.5. The molecule has 2 rings (SSSR count). The number of rotatable bonds is 0. The highest BCUT2D eigenvalue weighted by Gasteiger charge is 2.15. The molecule has 1 N–H and O–H groups in total. The van der Waals surface area contributed by atoms with Gasteiger partial charge in [0, 0.05) is 13.1 Å². The van der Waals surface area contributed by atoms with E-state index in [2.05, 4.69) is 4.74 Å². The zero-order valence-electron chi connectivity index (χ0n) is 12.7. The zero-order valence-corrected chi connectivity index (χ0v) is 14.2. The van der Waals surface area contributed by atoms with Crippen LogP contribution < -0.4 is 0 Å². The second-order valence-electron chi connectivity index (χ2n) is 4.12. The number of ether oxygens (including phenoxy) is 1. The molecule has 0 aliphatic carbocycles.